The van der Waals surface area contributed by atoms with Gasteiger partial charge >= 0.3 is 0 Å². The van der Waals surface area contributed by atoms with Gasteiger partial charge in [0.2, 0.25) is 0 Å². The monoisotopic (exact) mass is 284 g/mol. The topological polar surface area (TPSA) is 15.3 Å². The quantitative estimate of drug-likeness (QED) is 0.928. The van der Waals surface area contributed by atoms with E-state index in [9.17, 15) is 4.39 Å². The summed E-state index contributed by atoms with van der Waals surface area (Å²) in [6.45, 7) is 2.49. The lowest BCUT2D eigenvalue weighted by Gasteiger charge is -2.30. The largest absolute Gasteiger partial charge is 0.308 e. The maximum atomic E-state index is 13.7. The van der Waals surface area contributed by atoms with Gasteiger partial charge in [0.15, 0.2) is 0 Å². The van der Waals surface area contributed by atoms with Crippen LogP contribution in [0.3, 0.4) is 0 Å². The van der Waals surface area contributed by atoms with Gasteiger partial charge in [-0.1, -0.05) is 42.5 Å². The molecular weight excluding hydrogens is 263 g/mol. The summed E-state index contributed by atoms with van der Waals surface area (Å²) in [6.07, 6.45) is 1.04. The Balaban J connectivity index is 1.59. The molecule has 1 unspecified atom stereocenters. The van der Waals surface area contributed by atoms with Crippen molar-refractivity contribution in [3.8, 4) is 0 Å². The fourth-order valence-corrected chi connectivity index (χ4v) is 3.01. The van der Waals surface area contributed by atoms with E-state index in [-0.39, 0.29) is 5.82 Å². The molecule has 0 aromatic heterocycles. The first-order chi connectivity index (χ1) is 10.2. The number of halogens is 1. The summed E-state index contributed by atoms with van der Waals surface area (Å²) in [4.78, 5) is 2.18. The molecule has 110 valence electrons. The fourth-order valence-electron chi connectivity index (χ4n) is 3.01. The summed E-state index contributed by atoms with van der Waals surface area (Å²) in [6, 6.07) is 16.0. The molecule has 3 heteroatoms. The third-order valence-electron chi connectivity index (χ3n) is 4.10. The number of hydrogen-bond donors (Lipinski definition) is 1. The Labute approximate surface area is 125 Å². The van der Waals surface area contributed by atoms with Gasteiger partial charge in [0.1, 0.15) is 5.82 Å². The van der Waals surface area contributed by atoms with E-state index in [1.165, 1.54) is 17.2 Å². The van der Waals surface area contributed by atoms with Crippen LogP contribution in [0.15, 0.2) is 48.5 Å². The average Bonchev–Trinajstić information content (AvgIpc) is 2.49. The van der Waals surface area contributed by atoms with Crippen molar-refractivity contribution in [1.82, 2.24) is 10.2 Å². The molecule has 0 radical (unpaired) electrons. The minimum Gasteiger partial charge on any atom is -0.308 e. The van der Waals surface area contributed by atoms with Crippen LogP contribution >= 0.6 is 0 Å². The van der Waals surface area contributed by atoms with Crippen LogP contribution in [0.2, 0.25) is 0 Å². The van der Waals surface area contributed by atoms with E-state index in [1.807, 2.05) is 12.1 Å². The molecule has 0 amide bonds. The first-order valence-electron chi connectivity index (χ1n) is 7.44. The van der Waals surface area contributed by atoms with E-state index in [1.54, 1.807) is 6.07 Å². The van der Waals surface area contributed by atoms with E-state index in [2.05, 4.69) is 41.5 Å². The summed E-state index contributed by atoms with van der Waals surface area (Å²) < 4.78 is 13.7. The Morgan fingerprint density at radius 3 is 2.62 bits per heavy atom. The number of hydrogen-bond acceptors (Lipinski definition) is 2. The predicted octanol–water partition coefficient (Wildman–Crippen LogP) is 2.97. The van der Waals surface area contributed by atoms with Crippen molar-refractivity contribution in [2.45, 2.75) is 25.6 Å². The Bertz CT molecular complexity index is 612. The first kappa shape index (κ1) is 14.2. The van der Waals surface area contributed by atoms with E-state index < -0.39 is 0 Å². The summed E-state index contributed by atoms with van der Waals surface area (Å²) in [5, 5.41) is 3.57. The Morgan fingerprint density at radius 2 is 1.81 bits per heavy atom. The van der Waals surface area contributed by atoms with E-state index in [0.717, 1.165) is 25.1 Å². The van der Waals surface area contributed by atoms with Crippen LogP contribution in [0.25, 0.3) is 0 Å². The molecule has 1 aliphatic heterocycles. The molecule has 0 bridgehead atoms. The molecule has 2 nitrogen and oxygen atoms in total. The molecule has 0 saturated heterocycles. The van der Waals surface area contributed by atoms with Crippen molar-refractivity contribution < 1.29 is 4.39 Å². The highest BCUT2D eigenvalue weighted by Gasteiger charge is 2.19. The van der Waals surface area contributed by atoms with Crippen molar-refractivity contribution in [3.05, 3.63) is 71.0 Å². The second kappa shape index (κ2) is 6.37. The number of nitrogens with zero attached hydrogens (tertiary/aromatic N) is 1. The van der Waals surface area contributed by atoms with Crippen LogP contribution < -0.4 is 5.32 Å². The highest BCUT2D eigenvalue weighted by Crippen LogP contribution is 2.17. The normalized spacial score (nSPS) is 17.8. The van der Waals surface area contributed by atoms with E-state index >= 15 is 0 Å². The molecule has 1 heterocycles. The first-order valence-corrected chi connectivity index (χ1v) is 7.44. The maximum Gasteiger partial charge on any atom is 0.127 e. The Morgan fingerprint density at radius 1 is 1.10 bits per heavy atom. The molecule has 0 fully saturated rings. The fraction of sp³-hybridized carbons (Fsp3) is 0.333. The third kappa shape index (κ3) is 3.49. The molecule has 21 heavy (non-hydrogen) atoms. The SMILES string of the molecule is CN(Cc1ccccc1F)CC1Cc2ccccc2CN1. The molecular formula is C18H21FN2. The van der Waals surface area contributed by atoms with Gasteiger partial charge in [-0.05, 0) is 30.7 Å². The van der Waals surface area contributed by atoms with Crippen LogP contribution in [-0.4, -0.2) is 24.5 Å². The molecule has 1 N–H and O–H groups in total. The zero-order valence-electron chi connectivity index (χ0n) is 12.3. The average molecular weight is 284 g/mol. The summed E-state index contributed by atoms with van der Waals surface area (Å²) in [7, 11) is 2.05. The minimum absolute atomic E-state index is 0.119. The Hall–Kier alpha value is -1.71. The third-order valence-corrected chi connectivity index (χ3v) is 4.10. The van der Waals surface area contributed by atoms with Crippen LogP contribution in [0.4, 0.5) is 4.39 Å². The van der Waals surface area contributed by atoms with Crippen LogP contribution in [0.1, 0.15) is 16.7 Å². The molecule has 1 aliphatic rings. The molecule has 0 spiro atoms. The lowest BCUT2D eigenvalue weighted by molar-refractivity contribution is 0.270. The number of likely N-dealkylation sites (N-methyl/N-ethyl adjacent to an activating group) is 1. The van der Waals surface area contributed by atoms with E-state index in [4.69, 9.17) is 0 Å². The van der Waals surface area contributed by atoms with Gasteiger partial charge in [-0.2, -0.15) is 0 Å². The molecule has 2 aromatic carbocycles. The highest BCUT2D eigenvalue weighted by atomic mass is 19.1. The molecule has 3 rings (SSSR count). The van der Waals surface area contributed by atoms with Gasteiger partial charge in [-0.25, -0.2) is 4.39 Å². The second-order valence-corrected chi connectivity index (χ2v) is 5.84. The van der Waals surface area contributed by atoms with Crippen LogP contribution in [0.5, 0.6) is 0 Å². The predicted molar refractivity (Wildman–Crippen MR) is 83.5 cm³/mol. The molecule has 0 aliphatic carbocycles. The zero-order valence-corrected chi connectivity index (χ0v) is 12.3. The molecule has 1 atom stereocenters. The van der Waals surface area contributed by atoms with Crippen molar-refractivity contribution in [2.75, 3.05) is 13.6 Å². The number of fused-ring (bicyclic) bond motifs is 1. The summed E-state index contributed by atoms with van der Waals surface area (Å²) in [5.41, 5.74) is 3.59. The van der Waals surface area contributed by atoms with Crippen molar-refractivity contribution >= 4 is 0 Å². The van der Waals surface area contributed by atoms with Gasteiger partial charge in [0, 0.05) is 31.2 Å². The van der Waals surface area contributed by atoms with Gasteiger partial charge in [-0.3, -0.25) is 0 Å². The van der Waals surface area contributed by atoms with Crippen LogP contribution in [-0.2, 0) is 19.5 Å². The second-order valence-electron chi connectivity index (χ2n) is 5.84. The standard InChI is InChI=1S/C18H21FN2/c1-21(12-16-8-4-5-9-18(16)19)13-17-10-14-6-2-3-7-15(14)11-20-17/h2-9,17,20H,10-13H2,1H3. The van der Waals surface area contributed by atoms with Gasteiger partial charge in [0.25, 0.3) is 0 Å². The summed E-state index contributed by atoms with van der Waals surface area (Å²) >= 11 is 0. The van der Waals surface area contributed by atoms with Gasteiger partial charge in [-0.15, -0.1) is 0 Å². The van der Waals surface area contributed by atoms with E-state index in [0.29, 0.717) is 12.6 Å². The lowest BCUT2D eigenvalue weighted by atomic mass is 9.95. The van der Waals surface area contributed by atoms with Crippen molar-refractivity contribution in [2.24, 2.45) is 0 Å². The number of rotatable bonds is 4. The maximum absolute atomic E-state index is 13.7. The summed E-state index contributed by atoms with van der Waals surface area (Å²) in [5.74, 6) is -0.119. The highest BCUT2D eigenvalue weighted by molar-refractivity contribution is 5.30. The number of benzene rings is 2. The van der Waals surface area contributed by atoms with Crippen LogP contribution in [0, 0.1) is 5.82 Å². The minimum atomic E-state index is -0.119. The van der Waals surface area contributed by atoms with Gasteiger partial charge < -0.3 is 10.2 Å². The van der Waals surface area contributed by atoms with Crippen molar-refractivity contribution in [1.29, 1.82) is 0 Å². The van der Waals surface area contributed by atoms with Crippen molar-refractivity contribution in [3.63, 3.8) is 0 Å². The smallest absolute Gasteiger partial charge is 0.127 e. The number of nitrogens with one attached hydrogen (secondary N) is 1. The molecule has 2 aromatic rings. The molecule has 0 saturated carbocycles. The van der Waals surface area contributed by atoms with Gasteiger partial charge in [0.05, 0.1) is 0 Å². The Kier molecular flexibility index (Phi) is 4.32. The lowest BCUT2D eigenvalue weighted by Crippen LogP contribution is -2.43. The zero-order chi connectivity index (χ0) is 14.7.